The van der Waals surface area contributed by atoms with Gasteiger partial charge in [0.15, 0.2) is 5.03 Å². The molecule has 1 aromatic carbocycles. The van der Waals surface area contributed by atoms with E-state index in [1.165, 1.54) is 12.1 Å². The summed E-state index contributed by atoms with van der Waals surface area (Å²) in [6, 6.07) is 1.47. The summed E-state index contributed by atoms with van der Waals surface area (Å²) in [5.41, 5.74) is -0.236. The summed E-state index contributed by atoms with van der Waals surface area (Å²) >= 11 is 0. The molecule has 0 radical (unpaired) electrons. The number of urea groups is 1. The zero-order chi connectivity index (χ0) is 22.9. The molecule has 1 heterocycles. The molecule has 12 heteroatoms. The standard InChI is InChI=1S/C18H20F4N4O3S/c1-9(2)13-6-12(19)7-14(10(3)4)16(13)24-17(27)26-30(28,29)15-5-11(8-23-25-15)18(20,21)22/h5-10H,1-4H3,(H2,24,26,27). The van der Waals surface area contributed by atoms with Gasteiger partial charge in [0.05, 0.1) is 11.8 Å². The Balaban J connectivity index is 2.36. The van der Waals surface area contributed by atoms with E-state index < -0.39 is 38.6 Å². The Morgan fingerprint density at radius 1 is 1.03 bits per heavy atom. The first-order valence-corrected chi connectivity index (χ1v) is 10.3. The molecule has 164 valence electrons. The van der Waals surface area contributed by atoms with Crippen molar-refractivity contribution in [3.8, 4) is 0 Å². The fraction of sp³-hybridized carbons (Fsp3) is 0.389. The molecule has 1 aromatic heterocycles. The smallest absolute Gasteiger partial charge is 0.307 e. The summed E-state index contributed by atoms with van der Waals surface area (Å²) in [6.07, 6.45) is -4.48. The lowest BCUT2D eigenvalue weighted by Crippen LogP contribution is -2.35. The van der Waals surface area contributed by atoms with Gasteiger partial charge in [0, 0.05) is 5.69 Å². The van der Waals surface area contributed by atoms with Gasteiger partial charge in [-0.05, 0) is 41.2 Å². The average Bonchev–Trinajstić information content (AvgIpc) is 2.61. The number of benzene rings is 1. The van der Waals surface area contributed by atoms with Crippen molar-refractivity contribution in [3.05, 3.63) is 46.9 Å². The Morgan fingerprint density at radius 3 is 2.03 bits per heavy atom. The van der Waals surface area contributed by atoms with Crippen LogP contribution in [0, 0.1) is 5.82 Å². The van der Waals surface area contributed by atoms with Crippen molar-refractivity contribution in [1.29, 1.82) is 0 Å². The van der Waals surface area contributed by atoms with Crippen LogP contribution >= 0.6 is 0 Å². The van der Waals surface area contributed by atoms with Crippen LogP contribution in [-0.4, -0.2) is 24.6 Å². The van der Waals surface area contributed by atoms with Crippen molar-refractivity contribution in [1.82, 2.24) is 14.9 Å². The van der Waals surface area contributed by atoms with Gasteiger partial charge in [0.2, 0.25) is 0 Å². The quantitative estimate of drug-likeness (QED) is 0.661. The number of halogens is 4. The predicted molar refractivity (Wildman–Crippen MR) is 101 cm³/mol. The molecule has 0 saturated heterocycles. The van der Waals surface area contributed by atoms with Gasteiger partial charge in [-0.3, -0.25) is 0 Å². The summed E-state index contributed by atoms with van der Waals surface area (Å²) in [7, 11) is -4.75. The molecule has 2 rings (SSSR count). The molecule has 2 aromatic rings. The number of nitrogens with one attached hydrogen (secondary N) is 2. The normalized spacial score (nSPS) is 12.3. The van der Waals surface area contributed by atoms with E-state index in [1.54, 1.807) is 32.4 Å². The topological polar surface area (TPSA) is 101 Å². The molecule has 0 unspecified atom stereocenters. The van der Waals surface area contributed by atoms with Crippen LogP contribution in [0.25, 0.3) is 0 Å². The van der Waals surface area contributed by atoms with Crippen LogP contribution < -0.4 is 10.0 Å². The van der Waals surface area contributed by atoms with Crippen molar-refractivity contribution in [2.24, 2.45) is 0 Å². The highest BCUT2D eigenvalue weighted by Gasteiger charge is 2.33. The van der Waals surface area contributed by atoms with Gasteiger partial charge in [-0.25, -0.2) is 13.9 Å². The number of sulfonamides is 1. The summed E-state index contributed by atoms with van der Waals surface area (Å²) < 4.78 is 78.5. The molecule has 0 atom stereocenters. The maximum Gasteiger partial charge on any atom is 0.418 e. The number of hydrogen-bond acceptors (Lipinski definition) is 5. The number of carbonyl (C=O) groups excluding carboxylic acids is 1. The maximum absolute atomic E-state index is 14.0. The highest BCUT2D eigenvalue weighted by Crippen LogP contribution is 2.34. The van der Waals surface area contributed by atoms with E-state index in [1.807, 2.05) is 0 Å². The molecular formula is C18H20F4N4O3S. The van der Waals surface area contributed by atoms with Crippen LogP contribution in [0.15, 0.2) is 29.4 Å². The van der Waals surface area contributed by atoms with E-state index >= 15 is 0 Å². The van der Waals surface area contributed by atoms with E-state index in [0.717, 1.165) is 0 Å². The van der Waals surface area contributed by atoms with Crippen LogP contribution in [0.5, 0.6) is 0 Å². The number of amides is 2. The molecule has 0 aliphatic rings. The number of hydrogen-bond donors (Lipinski definition) is 2. The van der Waals surface area contributed by atoms with E-state index in [0.29, 0.717) is 17.3 Å². The number of aromatic nitrogens is 2. The van der Waals surface area contributed by atoms with Crippen LogP contribution in [0.2, 0.25) is 0 Å². The number of alkyl halides is 3. The lowest BCUT2D eigenvalue weighted by Gasteiger charge is -2.20. The van der Waals surface area contributed by atoms with Gasteiger partial charge in [-0.1, -0.05) is 27.7 Å². The molecular weight excluding hydrogens is 428 g/mol. The Kier molecular flexibility index (Phi) is 6.70. The Labute approximate surface area is 170 Å². The fourth-order valence-electron chi connectivity index (χ4n) is 2.65. The molecule has 0 saturated carbocycles. The largest absolute Gasteiger partial charge is 0.418 e. The van der Waals surface area contributed by atoms with Crippen LogP contribution in [-0.2, 0) is 16.2 Å². The first-order valence-electron chi connectivity index (χ1n) is 8.79. The van der Waals surface area contributed by atoms with Crippen molar-refractivity contribution in [3.63, 3.8) is 0 Å². The fourth-order valence-corrected chi connectivity index (χ4v) is 3.49. The minimum absolute atomic E-state index is 0.209. The lowest BCUT2D eigenvalue weighted by molar-refractivity contribution is -0.138. The summed E-state index contributed by atoms with van der Waals surface area (Å²) in [6.45, 7) is 7.04. The van der Waals surface area contributed by atoms with Crippen LogP contribution in [0.4, 0.5) is 28.0 Å². The van der Waals surface area contributed by atoms with E-state index in [2.05, 4.69) is 15.5 Å². The third-order valence-corrected chi connectivity index (χ3v) is 5.31. The number of nitrogens with zero attached hydrogens (tertiary/aromatic N) is 2. The molecule has 0 aliphatic carbocycles. The van der Waals surface area contributed by atoms with Crippen molar-refractivity contribution in [2.75, 3.05) is 5.32 Å². The zero-order valence-electron chi connectivity index (χ0n) is 16.5. The summed E-state index contributed by atoms with van der Waals surface area (Å²) in [5, 5.41) is 7.49. The van der Waals surface area contributed by atoms with Gasteiger partial charge >= 0.3 is 12.2 Å². The summed E-state index contributed by atoms with van der Waals surface area (Å²) in [4.78, 5) is 12.4. The second kappa shape index (κ2) is 8.54. The minimum atomic E-state index is -4.84. The van der Waals surface area contributed by atoms with Gasteiger partial charge in [0.25, 0.3) is 10.0 Å². The number of carbonyl (C=O) groups is 1. The van der Waals surface area contributed by atoms with Gasteiger partial charge in [-0.2, -0.15) is 26.7 Å². The Morgan fingerprint density at radius 2 is 1.57 bits per heavy atom. The van der Waals surface area contributed by atoms with Crippen LogP contribution in [0.3, 0.4) is 0 Å². The van der Waals surface area contributed by atoms with Crippen molar-refractivity contribution < 1.29 is 30.8 Å². The second-order valence-electron chi connectivity index (χ2n) is 7.11. The minimum Gasteiger partial charge on any atom is -0.307 e. The van der Waals surface area contributed by atoms with Crippen LogP contribution in [0.1, 0.15) is 56.2 Å². The van der Waals surface area contributed by atoms with E-state index in [9.17, 15) is 30.8 Å². The van der Waals surface area contributed by atoms with E-state index in [-0.39, 0.29) is 23.6 Å². The maximum atomic E-state index is 14.0. The highest BCUT2D eigenvalue weighted by molar-refractivity contribution is 7.90. The van der Waals surface area contributed by atoms with Gasteiger partial charge in [-0.15, -0.1) is 5.10 Å². The van der Waals surface area contributed by atoms with Gasteiger partial charge in [0.1, 0.15) is 5.82 Å². The van der Waals surface area contributed by atoms with Crippen molar-refractivity contribution in [2.45, 2.75) is 50.7 Å². The monoisotopic (exact) mass is 448 g/mol. The van der Waals surface area contributed by atoms with E-state index in [4.69, 9.17) is 0 Å². The third kappa shape index (κ3) is 5.43. The third-order valence-electron chi connectivity index (χ3n) is 4.11. The SMILES string of the molecule is CC(C)c1cc(F)cc(C(C)C)c1NC(=O)NS(=O)(=O)c1cc(C(F)(F)F)cnn1. The first kappa shape index (κ1) is 23.5. The predicted octanol–water partition coefficient (Wildman–Crippen LogP) is 4.39. The number of anilines is 1. The summed E-state index contributed by atoms with van der Waals surface area (Å²) in [5.74, 6) is -0.931. The van der Waals surface area contributed by atoms with Crippen molar-refractivity contribution >= 4 is 21.7 Å². The first-order chi connectivity index (χ1) is 13.7. The molecule has 0 fully saturated rings. The highest BCUT2D eigenvalue weighted by atomic mass is 32.2. The molecule has 0 bridgehead atoms. The lowest BCUT2D eigenvalue weighted by atomic mass is 9.92. The molecule has 0 spiro atoms. The number of rotatable bonds is 5. The average molecular weight is 448 g/mol. The second-order valence-corrected chi connectivity index (χ2v) is 8.74. The molecule has 7 nitrogen and oxygen atoms in total. The molecule has 2 amide bonds. The zero-order valence-corrected chi connectivity index (χ0v) is 17.3. The Bertz CT molecular complexity index is 1020. The molecule has 30 heavy (non-hydrogen) atoms. The Hall–Kier alpha value is -2.76. The molecule has 0 aliphatic heterocycles. The van der Waals surface area contributed by atoms with Gasteiger partial charge < -0.3 is 5.32 Å². The molecule has 2 N–H and O–H groups in total.